The molecule has 1 N–H and O–H groups in total. The third-order valence-electron chi connectivity index (χ3n) is 4.63. The van der Waals surface area contributed by atoms with E-state index >= 15 is 0 Å². The van der Waals surface area contributed by atoms with Crippen molar-refractivity contribution >= 4 is 64.3 Å². The summed E-state index contributed by atoms with van der Waals surface area (Å²) in [5, 5.41) is 3.17. The molecule has 4 nitrogen and oxygen atoms in total. The molecule has 0 unspecified atom stereocenters. The van der Waals surface area contributed by atoms with Crippen LogP contribution < -0.4 is 10.2 Å². The van der Waals surface area contributed by atoms with Gasteiger partial charge in [-0.15, -0.1) is 0 Å². The lowest BCUT2D eigenvalue weighted by Crippen LogP contribution is -2.54. The molecule has 2 amide bonds. The first kappa shape index (κ1) is 21.3. The molecule has 4 rings (SSSR count). The van der Waals surface area contributed by atoms with Crippen molar-refractivity contribution in [2.24, 2.45) is 0 Å². The maximum atomic E-state index is 13.0. The fourth-order valence-electron chi connectivity index (χ4n) is 3.02. The molecule has 1 aliphatic heterocycles. The molecule has 0 atom stereocenters. The molecule has 154 valence electrons. The van der Waals surface area contributed by atoms with Gasteiger partial charge in [-0.1, -0.05) is 53.2 Å². The van der Waals surface area contributed by atoms with E-state index in [9.17, 15) is 9.59 Å². The Labute approximate surface area is 194 Å². The molecule has 1 aliphatic rings. The first-order valence-corrected chi connectivity index (χ1v) is 11.0. The second kappa shape index (κ2) is 9.06. The smallest absolute Gasteiger partial charge is 0.270 e. The first-order chi connectivity index (χ1) is 14.9. The number of carbonyl (C=O) groups excluding carboxylic acids is 2. The lowest BCUT2D eigenvalue weighted by molar-refractivity contribution is -0.122. The SMILES string of the molecule is Cc1ccc(Sc2ccc(/C=C3\C(=O)NC(=S)N(c4ccc(Cl)cc4)C3=O)cc2)cc1. The summed E-state index contributed by atoms with van der Waals surface area (Å²) < 4.78 is 0. The number of hydrogen-bond acceptors (Lipinski definition) is 4. The number of nitrogens with zero attached hydrogens (tertiary/aromatic N) is 1. The van der Waals surface area contributed by atoms with Gasteiger partial charge in [-0.3, -0.25) is 19.8 Å². The van der Waals surface area contributed by atoms with Gasteiger partial charge in [-0.2, -0.15) is 0 Å². The molecule has 1 heterocycles. The van der Waals surface area contributed by atoms with E-state index in [2.05, 4.69) is 36.5 Å². The van der Waals surface area contributed by atoms with Crippen LogP contribution in [-0.4, -0.2) is 16.9 Å². The zero-order valence-corrected chi connectivity index (χ0v) is 18.9. The molecule has 3 aromatic carbocycles. The van der Waals surface area contributed by atoms with Gasteiger partial charge in [-0.25, -0.2) is 0 Å². The van der Waals surface area contributed by atoms with Crippen molar-refractivity contribution < 1.29 is 9.59 Å². The van der Waals surface area contributed by atoms with Crippen LogP contribution in [-0.2, 0) is 9.59 Å². The number of nitrogens with one attached hydrogen (secondary N) is 1. The van der Waals surface area contributed by atoms with Gasteiger partial charge in [-0.05, 0) is 79.3 Å². The molecular formula is C24H17ClN2O2S2. The number of carbonyl (C=O) groups is 2. The Morgan fingerprint density at radius 3 is 2.10 bits per heavy atom. The predicted octanol–water partition coefficient (Wildman–Crippen LogP) is 5.63. The Bertz CT molecular complexity index is 1190. The third kappa shape index (κ3) is 4.88. The van der Waals surface area contributed by atoms with E-state index in [4.69, 9.17) is 23.8 Å². The van der Waals surface area contributed by atoms with Crippen molar-refractivity contribution in [1.29, 1.82) is 0 Å². The van der Waals surface area contributed by atoms with Crippen LogP contribution in [0.25, 0.3) is 6.08 Å². The van der Waals surface area contributed by atoms with Gasteiger partial charge in [0.2, 0.25) is 0 Å². The van der Waals surface area contributed by atoms with Gasteiger partial charge in [0.25, 0.3) is 11.8 Å². The molecular weight excluding hydrogens is 448 g/mol. The number of amides is 2. The number of anilines is 1. The monoisotopic (exact) mass is 464 g/mol. The fraction of sp³-hybridized carbons (Fsp3) is 0.0417. The van der Waals surface area contributed by atoms with Gasteiger partial charge in [0, 0.05) is 14.8 Å². The highest BCUT2D eigenvalue weighted by atomic mass is 35.5. The average Bonchev–Trinajstić information content (AvgIpc) is 2.75. The average molecular weight is 465 g/mol. The summed E-state index contributed by atoms with van der Waals surface area (Å²) in [6.45, 7) is 2.06. The molecule has 0 aliphatic carbocycles. The minimum atomic E-state index is -0.515. The Hall–Kier alpha value is -2.93. The van der Waals surface area contributed by atoms with Crippen molar-refractivity contribution in [3.05, 3.63) is 94.5 Å². The van der Waals surface area contributed by atoms with Crippen molar-refractivity contribution in [2.45, 2.75) is 16.7 Å². The Morgan fingerprint density at radius 2 is 1.48 bits per heavy atom. The number of benzene rings is 3. The van der Waals surface area contributed by atoms with E-state index in [0.29, 0.717) is 10.7 Å². The molecule has 3 aromatic rings. The Kier molecular flexibility index (Phi) is 6.23. The van der Waals surface area contributed by atoms with Crippen LogP contribution in [0.4, 0.5) is 5.69 Å². The zero-order valence-electron chi connectivity index (χ0n) is 16.5. The molecule has 1 saturated heterocycles. The fourth-order valence-corrected chi connectivity index (χ4v) is 4.25. The van der Waals surface area contributed by atoms with E-state index in [1.54, 1.807) is 42.1 Å². The molecule has 1 fully saturated rings. The summed E-state index contributed by atoms with van der Waals surface area (Å²) in [7, 11) is 0. The quantitative estimate of drug-likeness (QED) is 0.309. The Morgan fingerprint density at radius 1 is 0.903 bits per heavy atom. The third-order valence-corrected chi connectivity index (χ3v) is 6.19. The zero-order chi connectivity index (χ0) is 22.0. The maximum absolute atomic E-state index is 13.0. The second-order valence-corrected chi connectivity index (χ2v) is 8.89. The topological polar surface area (TPSA) is 49.4 Å². The summed E-state index contributed by atoms with van der Waals surface area (Å²) in [5.74, 6) is -0.993. The number of thiocarbonyl (C=S) groups is 1. The van der Waals surface area contributed by atoms with Crippen LogP contribution in [0.1, 0.15) is 11.1 Å². The number of aryl methyl sites for hydroxylation is 1. The van der Waals surface area contributed by atoms with E-state index in [0.717, 1.165) is 15.4 Å². The lowest BCUT2D eigenvalue weighted by Gasteiger charge is -2.28. The van der Waals surface area contributed by atoms with E-state index < -0.39 is 11.8 Å². The summed E-state index contributed by atoms with van der Waals surface area (Å²) in [6.07, 6.45) is 1.57. The highest BCUT2D eigenvalue weighted by molar-refractivity contribution is 7.99. The van der Waals surface area contributed by atoms with Gasteiger partial charge in [0.15, 0.2) is 5.11 Å². The molecule has 0 spiro atoms. The molecule has 31 heavy (non-hydrogen) atoms. The molecule has 7 heteroatoms. The highest BCUT2D eigenvalue weighted by Gasteiger charge is 2.34. The van der Waals surface area contributed by atoms with Crippen LogP contribution in [0, 0.1) is 6.92 Å². The van der Waals surface area contributed by atoms with Gasteiger partial charge >= 0.3 is 0 Å². The van der Waals surface area contributed by atoms with E-state index in [1.807, 2.05) is 24.3 Å². The van der Waals surface area contributed by atoms with Gasteiger partial charge < -0.3 is 0 Å². The second-order valence-electron chi connectivity index (χ2n) is 6.92. The summed E-state index contributed by atoms with van der Waals surface area (Å²) in [6, 6.07) is 22.7. The van der Waals surface area contributed by atoms with Crippen molar-refractivity contribution in [1.82, 2.24) is 5.32 Å². The predicted molar refractivity (Wildman–Crippen MR) is 129 cm³/mol. The first-order valence-electron chi connectivity index (χ1n) is 9.42. The minimum absolute atomic E-state index is 0.0162. The molecule has 0 bridgehead atoms. The van der Waals surface area contributed by atoms with Crippen LogP contribution in [0.3, 0.4) is 0 Å². The van der Waals surface area contributed by atoms with Gasteiger partial charge in [0.1, 0.15) is 5.57 Å². The number of rotatable bonds is 4. The molecule has 0 aromatic heterocycles. The Balaban J connectivity index is 1.57. The van der Waals surface area contributed by atoms with Crippen molar-refractivity contribution in [3.8, 4) is 0 Å². The number of halogens is 1. The summed E-state index contributed by atoms with van der Waals surface area (Å²) in [4.78, 5) is 29.0. The standard InChI is InChI=1S/C24H17ClN2O2S2/c1-15-2-10-19(11-3-15)31-20-12-4-16(5-13-20)14-21-22(28)26-24(30)27(23(21)29)18-8-6-17(25)7-9-18/h2-14H,1H3,(H,26,28,30)/b21-14+. The van der Waals surface area contributed by atoms with Crippen LogP contribution in [0.5, 0.6) is 0 Å². The van der Waals surface area contributed by atoms with Crippen LogP contribution >= 0.6 is 35.6 Å². The van der Waals surface area contributed by atoms with E-state index in [1.165, 1.54) is 10.5 Å². The van der Waals surface area contributed by atoms with Crippen LogP contribution in [0.15, 0.2) is 88.2 Å². The van der Waals surface area contributed by atoms with Crippen molar-refractivity contribution in [3.63, 3.8) is 0 Å². The maximum Gasteiger partial charge on any atom is 0.270 e. The van der Waals surface area contributed by atoms with Gasteiger partial charge in [0.05, 0.1) is 5.69 Å². The highest BCUT2D eigenvalue weighted by Crippen LogP contribution is 2.29. The lowest BCUT2D eigenvalue weighted by atomic mass is 10.1. The largest absolute Gasteiger partial charge is 0.298 e. The molecule has 0 saturated carbocycles. The van der Waals surface area contributed by atoms with Crippen LogP contribution in [0.2, 0.25) is 5.02 Å². The molecule has 0 radical (unpaired) electrons. The number of hydrogen-bond donors (Lipinski definition) is 1. The van der Waals surface area contributed by atoms with E-state index in [-0.39, 0.29) is 10.7 Å². The minimum Gasteiger partial charge on any atom is -0.298 e. The van der Waals surface area contributed by atoms with Crippen molar-refractivity contribution in [2.75, 3.05) is 4.90 Å². The summed E-state index contributed by atoms with van der Waals surface area (Å²) in [5.41, 5.74) is 2.52. The normalized spacial score (nSPS) is 15.4. The summed E-state index contributed by atoms with van der Waals surface area (Å²) >= 11 is 12.8.